The molecule has 3 N–H and O–H groups in total. The summed E-state index contributed by atoms with van der Waals surface area (Å²) in [5, 5.41) is 12.0. The van der Waals surface area contributed by atoms with E-state index in [-0.39, 0.29) is 6.61 Å². The molecular formula is C16H15N3O2. The standard InChI is InChI=1S/C16H15N3O2/c1-2-21-16(20)14-9-12(18)6-7-15(14)19-13-5-3-4-11(8-13)10-17/h3-9,19H,2,18H2,1H3. The number of hydrogen-bond donors (Lipinski definition) is 2. The Bertz CT molecular complexity index is 705. The molecule has 2 aromatic carbocycles. The number of nitrogens with two attached hydrogens (primary N) is 1. The summed E-state index contributed by atoms with van der Waals surface area (Å²) in [5.74, 6) is -0.441. The van der Waals surface area contributed by atoms with Crippen molar-refractivity contribution in [3.05, 3.63) is 53.6 Å². The van der Waals surface area contributed by atoms with Gasteiger partial charge in [-0.15, -0.1) is 0 Å². The molecule has 0 unspecified atom stereocenters. The maximum Gasteiger partial charge on any atom is 0.340 e. The van der Waals surface area contributed by atoms with Crippen molar-refractivity contribution in [3.63, 3.8) is 0 Å². The molecule has 0 saturated heterocycles. The van der Waals surface area contributed by atoms with Crippen LogP contribution in [0.3, 0.4) is 0 Å². The molecule has 0 aliphatic heterocycles. The lowest BCUT2D eigenvalue weighted by atomic mass is 10.1. The molecule has 5 nitrogen and oxygen atoms in total. The molecule has 0 spiro atoms. The van der Waals surface area contributed by atoms with Crippen molar-refractivity contribution in [3.8, 4) is 6.07 Å². The van der Waals surface area contributed by atoms with Crippen molar-refractivity contribution >= 4 is 23.0 Å². The molecule has 0 aliphatic carbocycles. The number of anilines is 3. The normalized spacial score (nSPS) is 9.71. The Kier molecular flexibility index (Phi) is 4.42. The van der Waals surface area contributed by atoms with Gasteiger partial charge >= 0.3 is 5.97 Å². The van der Waals surface area contributed by atoms with Gasteiger partial charge in [-0.25, -0.2) is 4.79 Å². The van der Waals surface area contributed by atoms with Gasteiger partial charge in [0.15, 0.2) is 0 Å². The van der Waals surface area contributed by atoms with Gasteiger partial charge in [-0.2, -0.15) is 5.26 Å². The van der Waals surface area contributed by atoms with E-state index >= 15 is 0 Å². The summed E-state index contributed by atoms with van der Waals surface area (Å²) in [4.78, 5) is 12.0. The van der Waals surface area contributed by atoms with Crippen LogP contribution in [0.1, 0.15) is 22.8 Å². The molecule has 0 amide bonds. The number of nitrogens with zero attached hydrogens (tertiary/aromatic N) is 1. The molecule has 0 radical (unpaired) electrons. The minimum absolute atomic E-state index is 0.289. The first-order valence-electron chi connectivity index (χ1n) is 6.48. The van der Waals surface area contributed by atoms with E-state index in [4.69, 9.17) is 15.7 Å². The zero-order chi connectivity index (χ0) is 15.2. The lowest BCUT2D eigenvalue weighted by molar-refractivity contribution is 0.0527. The van der Waals surface area contributed by atoms with Gasteiger partial charge < -0.3 is 15.8 Å². The van der Waals surface area contributed by atoms with E-state index in [1.54, 1.807) is 43.3 Å². The Balaban J connectivity index is 2.35. The van der Waals surface area contributed by atoms with Gasteiger partial charge in [0.05, 0.1) is 29.5 Å². The van der Waals surface area contributed by atoms with Gasteiger partial charge in [-0.1, -0.05) is 6.07 Å². The van der Waals surface area contributed by atoms with E-state index in [0.29, 0.717) is 28.2 Å². The number of nitriles is 1. The van der Waals surface area contributed by atoms with Crippen LogP contribution in [0.2, 0.25) is 0 Å². The molecule has 106 valence electrons. The number of nitrogen functional groups attached to an aromatic ring is 1. The van der Waals surface area contributed by atoms with Crippen LogP contribution in [-0.2, 0) is 4.74 Å². The number of nitrogens with one attached hydrogen (secondary N) is 1. The average Bonchev–Trinajstić information content (AvgIpc) is 2.49. The number of carbonyl (C=O) groups excluding carboxylic acids is 1. The largest absolute Gasteiger partial charge is 0.462 e. The van der Waals surface area contributed by atoms with Gasteiger partial charge in [0.25, 0.3) is 0 Å². The second-order valence-electron chi connectivity index (χ2n) is 4.34. The zero-order valence-electron chi connectivity index (χ0n) is 11.6. The fraction of sp³-hybridized carbons (Fsp3) is 0.125. The molecule has 21 heavy (non-hydrogen) atoms. The topological polar surface area (TPSA) is 88.1 Å². The highest BCUT2D eigenvalue weighted by molar-refractivity contribution is 5.97. The van der Waals surface area contributed by atoms with E-state index in [2.05, 4.69) is 11.4 Å². The number of ether oxygens (including phenoxy) is 1. The molecule has 0 aliphatic rings. The van der Waals surface area contributed by atoms with Crippen LogP contribution in [-0.4, -0.2) is 12.6 Å². The van der Waals surface area contributed by atoms with Crippen LogP contribution < -0.4 is 11.1 Å². The fourth-order valence-electron chi connectivity index (χ4n) is 1.87. The summed E-state index contributed by atoms with van der Waals surface area (Å²) in [6.07, 6.45) is 0. The highest BCUT2D eigenvalue weighted by Crippen LogP contribution is 2.24. The monoisotopic (exact) mass is 281 g/mol. The van der Waals surface area contributed by atoms with Gasteiger partial charge in [0.2, 0.25) is 0 Å². The summed E-state index contributed by atoms with van der Waals surface area (Å²) in [6.45, 7) is 2.03. The molecule has 5 heteroatoms. The van der Waals surface area contributed by atoms with Gasteiger partial charge in [-0.3, -0.25) is 0 Å². The molecule has 0 aromatic heterocycles. The summed E-state index contributed by atoms with van der Waals surface area (Å²) < 4.78 is 5.02. The average molecular weight is 281 g/mol. The first kappa shape index (κ1) is 14.4. The number of hydrogen-bond acceptors (Lipinski definition) is 5. The number of benzene rings is 2. The van der Waals surface area contributed by atoms with Crippen LogP contribution in [0.15, 0.2) is 42.5 Å². The third-order valence-corrected chi connectivity index (χ3v) is 2.81. The molecule has 0 bridgehead atoms. The minimum Gasteiger partial charge on any atom is -0.462 e. The second kappa shape index (κ2) is 6.44. The van der Waals surface area contributed by atoms with E-state index in [9.17, 15) is 4.79 Å². The van der Waals surface area contributed by atoms with Crippen LogP contribution >= 0.6 is 0 Å². The van der Waals surface area contributed by atoms with E-state index in [1.165, 1.54) is 0 Å². The van der Waals surface area contributed by atoms with E-state index in [1.807, 2.05) is 6.07 Å². The molecule has 2 rings (SSSR count). The molecule has 0 fully saturated rings. The Hall–Kier alpha value is -3.00. The third kappa shape index (κ3) is 3.51. The molecular weight excluding hydrogens is 266 g/mol. The Morgan fingerprint density at radius 3 is 2.86 bits per heavy atom. The maximum atomic E-state index is 12.0. The predicted molar refractivity (Wildman–Crippen MR) is 81.3 cm³/mol. The molecule has 0 heterocycles. The van der Waals surface area contributed by atoms with Crippen molar-refractivity contribution in [1.29, 1.82) is 5.26 Å². The molecule has 0 atom stereocenters. The lowest BCUT2D eigenvalue weighted by Crippen LogP contribution is -2.08. The maximum absolute atomic E-state index is 12.0. The van der Waals surface area contributed by atoms with E-state index in [0.717, 1.165) is 0 Å². The van der Waals surface area contributed by atoms with Gasteiger partial charge in [-0.05, 0) is 43.3 Å². The van der Waals surface area contributed by atoms with Gasteiger partial charge in [0, 0.05) is 11.4 Å². The molecule has 2 aromatic rings. The Labute approximate surface area is 123 Å². The van der Waals surface area contributed by atoms with Crippen molar-refractivity contribution in [2.75, 3.05) is 17.7 Å². The minimum atomic E-state index is -0.441. The van der Waals surface area contributed by atoms with E-state index < -0.39 is 5.97 Å². The second-order valence-corrected chi connectivity index (χ2v) is 4.34. The van der Waals surface area contributed by atoms with Crippen LogP contribution in [0, 0.1) is 11.3 Å². The summed E-state index contributed by atoms with van der Waals surface area (Å²) in [5.41, 5.74) is 8.39. The Morgan fingerprint density at radius 1 is 1.33 bits per heavy atom. The van der Waals surface area contributed by atoms with Crippen molar-refractivity contribution in [2.45, 2.75) is 6.92 Å². The first-order valence-corrected chi connectivity index (χ1v) is 6.48. The number of carbonyl (C=O) groups is 1. The van der Waals surface area contributed by atoms with Crippen molar-refractivity contribution in [2.24, 2.45) is 0 Å². The lowest BCUT2D eigenvalue weighted by Gasteiger charge is -2.12. The highest BCUT2D eigenvalue weighted by atomic mass is 16.5. The Morgan fingerprint density at radius 2 is 2.14 bits per heavy atom. The van der Waals surface area contributed by atoms with Crippen LogP contribution in [0.5, 0.6) is 0 Å². The molecule has 0 saturated carbocycles. The summed E-state index contributed by atoms with van der Waals surface area (Å²) in [6, 6.07) is 14.0. The smallest absolute Gasteiger partial charge is 0.340 e. The van der Waals surface area contributed by atoms with Crippen LogP contribution in [0.4, 0.5) is 17.1 Å². The number of esters is 1. The summed E-state index contributed by atoms with van der Waals surface area (Å²) in [7, 11) is 0. The predicted octanol–water partition coefficient (Wildman–Crippen LogP) is 3.06. The number of rotatable bonds is 4. The first-order chi connectivity index (χ1) is 10.1. The fourth-order valence-corrected chi connectivity index (χ4v) is 1.87. The SMILES string of the molecule is CCOC(=O)c1cc(N)ccc1Nc1cccc(C#N)c1. The summed E-state index contributed by atoms with van der Waals surface area (Å²) >= 11 is 0. The highest BCUT2D eigenvalue weighted by Gasteiger charge is 2.13. The van der Waals surface area contributed by atoms with Crippen molar-refractivity contribution in [1.82, 2.24) is 0 Å². The van der Waals surface area contributed by atoms with Crippen LogP contribution in [0.25, 0.3) is 0 Å². The third-order valence-electron chi connectivity index (χ3n) is 2.81. The van der Waals surface area contributed by atoms with Gasteiger partial charge in [0.1, 0.15) is 0 Å². The zero-order valence-corrected chi connectivity index (χ0v) is 11.6. The van der Waals surface area contributed by atoms with Crippen molar-refractivity contribution < 1.29 is 9.53 Å². The quantitative estimate of drug-likeness (QED) is 0.664.